The zero-order valence-electron chi connectivity index (χ0n) is 11.8. The van der Waals surface area contributed by atoms with Crippen molar-refractivity contribution in [1.29, 1.82) is 0 Å². The lowest BCUT2D eigenvalue weighted by molar-refractivity contribution is -0.143. The Labute approximate surface area is 131 Å². The van der Waals surface area contributed by atoms with E-state index in [1.165, 1.54) is 0 Å². The lowest BCUT2D eigenvalue weighted by Gasteiger charge is -2.26. The largest absolute Gasteiger partial charge is 0.480 e. The molecule has 0 saturated heterocycles. The van der Waals surface area contributed by atoms with E-state index in [1.54, 1.807) is 13.1 Å². The normalized spacial score (nSPS) is 16.3. The maximum atomic E-state index is 11.3. The predicted molar refractivity (Wildman–Crippen MR) is 85.1 cm³/mol. The van der Waals surface area contributed by atoms with E-state index >= 15 is 0 Å². The zero-order chi connectivity index (χ0) is 15.0. The van der Waals surface area contributed by atoms with Crippen LogP contribution < -0.4 is 0 Å². The molecule has 1 fully saturated rings. The predicted octanol–water partition coefficient (Wildman–Crippen LogP) is 3.43. The number of pyridine rings is 1. The average molecular weight is 349 g/mol. The van der Waals surface area contributed by atoms with Gasteiger partial charge in [0.1, 0.15) is 6.04 Å². The molecule has 21 heavy (non-hydrogen) atoms. The van der Waals surface area contributed by atoms with E-state index in [0.717, 1.165) is 33.8 Å². The van der Waals surface area contributed by atoms with Crippen LogP contribution >= 0.6 is 15.9 Å². The summed E-state index contributed by atoms with van der Waals surface area (Å²) >= 11 is 3.53. The standard InChI is InChI=1S/C16H17BrN2O2/c1-10(16(20)21)19(14-4-5-14)9-12-8-13(17)7-11-3-2-6-18-15(11)12/h2-3,6-8,10,14H,4-5,9H2,1H3,(H,20,21). The molecule has 1 heterocycles. The highest BCUT2D eigenvalue weighted by Gasteiger charge is 2.35. The molecule has 110 valence electrons. The number of aliphatic carboxylic acids is 1. The molecule has 0 bridgehead atoms. The summed E-state index contributed by atoms with van der Waals surface area (Å²) in [4.78, 5) is 17.9. The number of hydrogen-bond acceptors (Lipinski definition) is 3. The third-order valence-corrected chi connectivity index (χ3v) is 4.43. The van der Waals surface area contributed by atoms with Crippen LogP contribution in [0.3, 0.4) is 0 Å². The fourth-order valence-corrected chi connectivity index (χ4v) is 3.20. The molecule has 1 saturated carbocycles. The molecule has 0 aliphatic heterocycles. The summed E-state index contributed by atoms with van der Waals surface area (Å²) in [6, 6.07) is 7.92. The van der Waals surface area contributed by atoms with Crippen molar-refractivity contribution in [3.63, 3.8) is 0 Å². The third-order valence-electron chi connectivity index (χ3n) is 3.97. The van der Waals surface area contributed by atoms with Gasteiger partial charge in [0.2, 0.25) is 0 Å². The summed E-state index contributed by atoms with van der Waals surface area (Å²) in [5, 5.41) is 10.4. The average Bonchev–Trinajstić information content (AvgIpc) is 3.28. The highest BCUT2D eigenvalue weighted by molar-refractivity contribution is 9.10. The van der Waals surface area contributed by atoms with E-state index in [0.29, 0.717) is 12.6 Å². The van der Waals surface area contributed by atoms with Crippen LogP contribution in [-0.2, 0) is 11.3 Å². The monoisotopic (exact) mass is 348 g/mol. The lowest BCUT2D eigenvalue weighted by atomic mass is 10.1. The Balaban J connectivity index is 1.97. The third kappa shape index (κ3) is 3.09. The van der Waals surface area contributed by atoms with Crippen LogP contribution in [0.2, 0.25) is 0 Å². The fourth-order valence-electron chi connectivity index (χ4n) is 2.68. The van der Waals surface area contributed by atoms with Crippen LogP contribution in [-0.4, -0.2) is 33.0 Å². The number of carboxylic acids is 1. The Bertz CT molecular complexity index is 685. The van der Waals surface area contributed by atoms with Gasteiger partial charge in [0, 0.05) is 28.6 Å². The Morgan fingerprint density at radius 3 is 2.95 bits per heavy atom. The Hall–Kier alpha value is -1.46. The first-order valence-electron chi connectivity index (χ1n) is 7.08. The number of hydrogen-bond donors (Lipinski definition) is 1. The molecule has 1 unspecified atom stereocenters. The Morgan fingerprint density at radius 1 is 1.52 bits per heavy atom. The highest BCUT2D eigenvalue weighted by Crippen LogP contribution is 2.32. The van der Waals surface area contributed by atoms with Gasteiger partial charge in [0.25, 0.3) is 0 Å². The van der Waals surface area contributed by atoms with Gasteiger partial charge in [-0.25, -0.2) is 0 Å². The van der Waals surface area contributed by atoms with Gasteiger partial charge in [0.05, 0.1) is 5.52 Å². The van der Waals surface area contributed by atoms with Crippen molar-refractivity contribution < 1.29 is 9.90 Å². The van der Waals surface area contributed by atoms with E-state index in [9.17, 15) is 9.90 Å². The molecule has 1 aliphatic carbocycles. The topological polar surface area (TPSA) is 53.4 Å². The SMILES string of the molecule is CC(C(=O)O)N(Cc1cc(Br)cc2cccnc12)C1CC1. The summed E-state index contributed by atoms with van der Waals surface area (Å²) in [6.45, 7) is 2.37. The Morgan fingerprint density at radius 2 is 2.29 bits per heavy atom. The number of halogens is 1. The molecule has 1 aliphatic rings. The molecule has 3 rings (SSSR count). The number of nitrogens with zero attached hydrogens (tertiary/aromatic N) is 2. The minimum absolute atomic E-state index is 0.383. The van der Waals surface area contributed by atoms with Crippen LogP contribution in [0.5, 0.6) is 0 Å². The molecule has 1 atom stereocenters. The smallest absolute Gasteiger partial charge is 0.320 e. The lowest BCUT2D eigenvalue weighted by Crippen LogP contribution is -2.40. The van der Waals surface area contributed by atoms with Gasteiger partial charge in [-0.3, -0.25) is 14.7 Å². The van der Waals surface area contributed by atoms with Crippen molar-refractivity contribution in [3.05, 3.63) is 40.5 Å². The maximum Gasteiger partial charge on any atom is 0.320 e. The number of benzene rings is 1. The van der Waals surface area contributed by atoms with Crippen LogP contribution in [0.4, 0.5) is 0 Å². The molecule has 1 aromatic heterocycles. The molecular formula is C16H17BrN2O2. The quantitative estimate of drug-likeness (QED) is 0.899. The van der Waals surface area contributed by atoms with Crippen LogP contribution in [0.15, 0.2) is 34.9 Å². The van der Waals surface area contributed by atoms with Crippen LogP contribution in [0.1, 0.15) is 25.3 Å². The van der Waals surface area contributed by atoms with Crippen molar-refractivity contribution in [1.82, 2.24) is 9.88 Å². The van der Waals surface area contributed by atoms with Gasteiger partial charge < -0.3 is 5.11 Å². The second-order valence-electron chi connectivity index (χ2n) is 5.56. The fraction of sp³-hybridized carbons (Fsp3) is 0.375. The summed E-state index contributed by atoms with van der Waals surface area (Å²) in [5.74, 6) is -0.769. The number of carboxylic acid groups (broad SMARTS) is 1. The van der Waals surface area contributed by atoms with Crippen molar-refractivity contribution in [2.45, 2.75) is 38.4 Å². The van der Waals surface area contributed by atoms with Crippen molar-refractivity contribution in [2.75, 3.05) is 0 Å². The van der Waals surface area contributed by atoms with E-state index in [4.69, 9.17) is 0 Å². The van der Waals surface area contributed by atoms with E-state index in [-0.39, 0.29) is 0 Å². The van der Waals surface area contributed by atoms with Crippen molar-refractivity contribution >= 4 is 32.8 Å². The van der Waals surface area contributed by atoms with Gasteiger partial charge >= 0.3 is 5.97 Å². The molecule has 0 radical (unpaired) electrons. The minimum Gasteiger partial charge on any atom is -0.480 e. The molecule has 1 aromatic carbocycles. The molecular weight excluding hydrogens is 332 g/mol. The maximum absolute atomic E-state index is 11.3. The first kappa shape index (κ1) is 14.5. The van der Waals surface area contributed by atoms with Crippen molar-refractivity contribution in [3.8, 4) is 0 Å². The van der Waals surface area contributed by atoms with E-state index in [2.05, 4.69) is 25.8 Å². The summed E-state index contributed by atoms with van der Waals surface area (Å²) in [7, 11) is 0. The Kier molecular flexibility index (Phi) is 3.95. The molecule has 0 spiro atoms. The number of aromatic nitrogens is 1. The first-order chi connectivity index (χ1) is 10.1. The summed E-state index contributed by atoms with van der Waals surface area (Å²) in [5.41, 5.74) is 2.02. The zero-order valence-corrected chi connectivity index (χ0v) is 13.4. The number of fused-ring (bicyclic) bond motifs is 1. The van der Waals surface area contributed by atoms with Crippen molar-refractivity contribution in [2.24, 2.45) is 0 Å². The van der Waals surface area contributed by atoms with E-state index in [1.807, 2.05) is 24.3 Å². The second kappa shape index (κ2) is 5.73. The van der Waals surface area contributed by atoms with Gasteiger partial charge in [-0.05, 0) is 43.5 Å². The number of rotatable bonds is 5. The number of carbonyl (C=O) groups is 1. The van der Waals surface area contributed by atoms with Gasteiger partial charge in [-0.1, -0.05) is 22.0 Å². The molecule has 2 aromatic rings. The van der Waals surface area contributed by atoms with Crippen LogP contribution in [0, 0.1) is 0 Å². The van der Waals surface area contributed by atoms with Gasteiger partial charge in [-0.2, -0.15) is 0 Å². The summed E-state index contributed by atoms with van der Waals surface area (Å²) < 4.78 is 0.997. The summed E-state index contributed by atoms with van der Waals surface area (Å²) in [6.07, 6.45) is 3.94. The van der Waals surface area contributed by atoms with Crippen LogP contribution in [0.25, 0.3) is 10.9 Å². The highest BCUT2D eigenvalue weighted by atomic mass is 79.9. The second-order valence-corrected chi connectivity index (χ2v) is 6.47. The molecule has 1 N–H and O–H groups in total. The van der Waals surface area contributed by atoms with Gasteiger partial charge in [0.15, 0.2) is 0 Å². The molecule has 0 amide bonds. The van der Waals surface area contributed by atoms with Gasteiger partial charge in [-0.15, -0.1) is 0 Å². The van der Waals surface area contributed by atoms with E-state index < -0.39 is 12.0 Å². The first-order valence-corrected chi connectivity index (χ1v) is 7.87. The minimum atomic E-state index is -0.769. The molecule has 5 heteroatoms. The molecule has 4 nitrogen and oxygen atoms in total.